The number of alkyl halides is 3. The molecular formula is C22H19F3N2O3. The Hall–Kier alpha value is -3.55. The first-order chi connectivity index (χ1) is 14.1. The van der Waals surface area contributed by atoms with Crippen LogP contribution in [0, 0.1) is 13.8 Å². The number of nitrogens with one attached hydrogen (secondary N) is 1. The Labute approximate surface area is 171 Å². The summed E-state index contributed by atoms with van der Waals surface area (Å²) in [6, 6.07) is 14.7. The molecular weight excluding hydrogens is 397 g/mol. The number of aryl methyl sites for hydroxylation is 2. The van der Waals surface area contributed by atoms with Crippen LogP contribution >= 0.6 is 0 Å². The fourth-order valence-corrected chi connectivity index (χ4v) is 2.98. The van der Waals surface area contributed by atoms with Crippen LogP contribution in [-0.2, 0) is 15.7 Å². The quantitative estimate of drug-likeness (QED) is 0.602. The molecule has 0 bridgehead atoms. The van der Waals surface area contributed by atoms with E-state index < -0.39 is 30.2 Å². The summed E-state index contributed by atoms with van der Waals surface area (Å²) < 4.78 is 44.7. The fourth-order valence-electron chi connectivity index (χ4n) is 2.98. The van der Waals surface area contributed by atoms with Crippen LogP contribution in [0.1, 0.15) is 27.3 Å². The third-order valence-electron chi connectivity index (χ3n) is 4.46. The largest absolute Gasteiger partial charge is 0.452 e. The maximum absolute atomic E-state index is 12.6. The average Bonchev–Trinajstić information content (AvgIpc) is 3.04. The van der Waals surface area contributed by atoms with E-state index in [2.05, 4.69) is 5.32 Å². The van der Waals surface area contributed by atoms with Crippen LogP contribution in [0.4, 0.5) is 18.9 Å². The number of ether oxygens (including phenoxy) is 1. The Kier molecular flexibility index (Phi) is 5.96. The molecule has 0 aliphatic heterocycles. The molecule has 1 aromatic heterocycles. The Morgan fingerprint density at radius 3 is 2.00 bits per heavy atom. The molecule has 0 aliphatic rings. The lowest BCUT2D eigenvalue weighted by Crippen LogP contribution is -2.21. The summed E-state index contributed by atoms with van der Waals surface area (Å²) in [6.07, 6.45) is -4.45. The Morgan fingerprint density at radius 2 is 1.47 bits per heavy atom. The van der Waals surface area contributed by atoms with Gasteiger partial charge in [0.1, 0.15) is 0 Å². The highest BCUT2D eigenvalue weighted by atomic mass is 19.4. The minimum Gasteiger partial charge on any atom is -0.452 e. The van der Waals surface area contributed by atoms with Gasteiger partial charge in [0.2, 0.25) is 0 Å². The first-order valence-electron chi connectivity index (χ1n) is 9.05. The van der Waals surface area contributed by atoms with Crippen molar-refractivity contribution in [3.8, 4) is 5.69 Å². The number of carbonyl (C=O) groups excluding carboxylic acids is 2. The molecule has 0 radical (unpaired) electrons. The van der Waals surface area contributed by atoms with E-state index in [1.54, 1.807) is 24.3 Å². The number of halogens is 3. The van der Waals surface area contributed by atoms with Gasteiger partial charge in [-0.25, -0.2) is 4.79 Å². The van der Waals surface area contributed by atoms with Crippen molar-refractivity contribution in [2.24, 2.45) is 0 Å². The molecule has 5 nitrogen and oxygen atoms in total. The van der Waals surface area contributed by atoms with Gasteiger partial charge >= 0.3 is 12.1 Å². The first kappa shape index (κ1) is 21.2. The van der Waals surface area contributed by atoms with Gasteiger partial charge in [-0.05, 0) is 74.5 Å². The molecule has 156 valence electrons. The minimum atomic E-state index is -4.45. The van der Waals surface area contributed by atoms with Gasteiger partial charge in [-0.1, -0.05) is 0 Å². The Bertz CT molecular complexity index is 1030. The van der Waals surface area contributed by atoms with E-state index in [1.807, 2.05) is 30.5 Å². The molecule has 0 saturated carbocycles. The van der Waals surface area contributed by atoms with E-state index in [-0.39, 0.29) is 11.3 Å². The number of anilines is 1. The summed E-state index contributed by atoms with van der Waals surface area (Å²) in [4.78, 5) is 24.1. The van der Waals surface area contributed by atoms with E-state index in [1.165, 1.54) is 0 Å². The summed E-state index contributed by atoms with van der Waals surface area (Å²) in [6.45, 7) is 3.40. The van der Waals surface area contributed by atoms with Crippen molar-refractivity contribution >= 4 is 17.6 Å². The third-order valence-corrected chi connectivity index (χ3v) is 4.46. The number of esters is 1. The van der Waals surface area contributed by atoms with Gasteiger partial charge in [0, 0.05) is 22.8 Å². The molecule has 1 N–H and O–H groups in total. The molecule has 0 atom stereocenters. The smallest absolute Gasteiger partial charge is 0.416 e. The second-order valence-electron chi connectivity index (χ2n) is 6.70. The number of rotatable bonds is 5. The highest BCUT2D eigenvalue weighted by molar-refractivity contribution is 5.95. The summed E-state index contributed by atoms with van der Waals surface area (Å²) in [5, 5.41) is 2.38. The lowest BCUT2D eigenvalue weighted by Gasteiger charge is -2.11. The second kappa shape index (κ2) is 8.44. The van der Waals surface area contributed by atoms with Gasteiger partial charge in [-0.3, -0.25) is 4.79 Å². The maximum atomic E-state index is 12.6. The summed E-state index contributed by atoms with van der Waals surface area (Å²) in [7, 11) is 0. The zero-order valence-corrected chi connectivity index (χ0v) is 16.3. The zero-order chi connectivity index (χ0) is 21.9. The summed E-state index contributed by atoms with van der Waals surface area (Å²) in [5.41, 5.74) is 2.65. The van der Waals surface area contributed by atoms with Crippen molar-refractivity contribution in [1.82, 2.24) is 4.57 Å². The van der Waals surface area contributed by atoms with Crippen LogP contribution in [0.15, 0.2) is 60.7 Å². The predicted molar refractivity (Wildman–Crippen MR) is 106 cm³/mol. The van der Waals surface area contributed by atoms with Gasteiger partial charge in [-0.2, -0.15) is 13.2 Å². The number of carbonyl (C=O) groups is 2. The molecule has 0 saturated heterocycles. The molecule has 1 heterocycles. The lowest BCUT2D eigenvalue weighted by molar-refractivity contribution is -0.137. The highest BCUT2D eigenvalue weighted by Gasteiger charge is 2.30. The van der Waals surface area contributed by atoms with Crippen molar-refractivity contribution in [3.05, 3.63) is 83.2 Å². The van der Waals surface area contributed by atoms with E-state index >= 15 is 0 Å². The molecule has 0 spiro atoms. The van der Waals surface area contributed by atoms with E-state index in [0.717, 1.165) is 41.3 Å². The standard InChI is InChI=1S/C22H19F3N2O3/c1-14-3-4-15(2)27(14)19-11-5-16(6-12-19)21(29)30-13-20(28)26-18-9-7-17(8-10-18)22(23,24)25/h3-12H,13H2,1-2H3,(H,26,28). The first-order valence-corrected chi connectivity index (χ1v) is 9.05. The average molecular weight is 416 g/mol. The number of nitrogens with zero attached hydrogens (tertiary/aromatic N) is 1. The van der Waals surface area contributed by atoms with E-state index in [9.17, 15) is 22.8 Å². The van der Waals surface area contributed by atoms with Crippen molar-refractivity contribution in [2.75, 3.05) is 11.9 Å². The van der Waals surface area contributed by atoms with E-state index in [0.29, 0.717) is 0 Å². The van der Waals surface area contributed by atoms with Crippen LogP contribution in [0.25, 0.3) is 5.69 Å². The fraction of sp³-hybridized carbons (Fsp3) is 0.182. The van der Waals surface area contributed by atoms with Crippen molar-refractivity contribution in [1.29, 1.82) is 0 Å². The van der Waals surface area contributed by atoms with Crippen LogP contribution in [-0.4, -0.2) is 23.1 Å². The molecule has 30 heavy (non-hydrogen) atoms. The van der Waals surface area contributed by atoms with Crippen molar-refractivity contribution in [2.45, 2.75) is 20.0 Å². The molecule has 3 aromatic rings. The van der Waals surface area contributed by atoms with E-state index in [4.69, 9.17) is 4.74 Å². The van der Waals surface area contributed by atoms with Gasteiger partial charge in [0.25, 0.3) is 5.91 Å². The number of benzene rings is 2. The summed E-state index contributed by atoms with van der Waals surface area (Å²) in [5.74, 6) is -1.33. The van der Waals surface area contributed by atoms with Gasteiger partial charge < -0.3 is 14.6 Å². The number of hydrogen-bond acceptors (Lipinski definition) is 3. The monoisotopic (exact) mass is 416 g/mol. The second-order valence-corrected chi connectivity index (χ2v) is 6.70. The topological polar surface area (TPSA) is 60.3 Å². The van der Waals surface area contributed by atoms with Crippen LogP contribution in [0.5, 0.6) is 0 Å². The normalized spacial score (nSPS) is 11.2. The number of hydrogen-bond donors (Lipinski definition) is 1. The predicted octanol–water partition coefficient (Wildman–Crippen LogP) is 4.91. The molecule has 3 rings (SSSR count). The highest BCUT2D eigenvalue weighted by Crippen LogP contribution is 2.29. The Morgan fingerprint density at radius 1 is 0.900 bits per heavy atom. The van der Waals surface area contributed by atoms with Gasteiger partial charge in [-0.15, -0.1) is 0 Å². The molecule has 0 fully saturated rings. The van der Waals surface area contributed by atoms with Crippen LogP contribution < -0.4 is 5.32 Å². The number of amides is 1. The molecule has 2 aromatic carbocycles. The van der Waals surface area contributed by atoms with Gasteiger partial charge in [0.15, 0.2) is 6.61 Å². The molecule has 8 heteroatoms. The molecule has 1 amide bonds. The lowest BCUT2D eigenvalue weighted by atomic mass is 10.2. The molecule has 0 unspecified atom stereocenters. The summed E-state index contributed by atoms with van der Waals surface area (Å²) >= 11 is 0. The Balaban J connectivity index is 1.55. The zero-order valence-electron chi connectivity index (χ0n) is 16.3. The maximum Gasteiger partial charge on any atom is 0.416 e. The van der Waals surface area contributed by atoms with Crippen LogP contribution in [0.2, 0.25) is 0 Å². The molecule has 0 aliphatic carbocycles. The van der Waals surface area contributed by atoms with Gasteiger partial charge in [0.05, 0.1) is 11.1 Å². The minimum absolute atomic E-state index is 0.172. The SMILES string of the molecule is Cc1ccc(C)n1-c1ccc(C(=O)OCC(=O)Nc2ccc(C(F)(F)F)cc2)cc1. The van der Waals surface area contributed by atoms with Crippen LogP contribution in [0.3, 0.4) is 0 Å². The number of aromatic nitrogens is 1. The van der Waals surface area contributed by atoms with Crippen molar-refractivity contribution in [3.63, 3.8) is 0 Å². The van der Waals surface area contributed by atoms with Crippen molar-refractivity contribution < 1.29 is 27.5 Å². The third kappa shape index (κ3) is 4.89.